The van der Waals surface area contributed by atoms with Crippen molar-refractivity contribution >= 4 is 28.3 Å². The molecular formula is C18H21N3O2. The van der Waals surface area contributed by atoms with E-state index in [0.29, 0.717) is 11.1 Å². The fourth-order valence-electron chi connectivity index (χ4n) is 2.99. The highest BCUT2D eigenvalue weighted by atomic mass is 16.2. The highest BCUT2D eigenvalue weighted by Gasteiger charge is 2.30. The Labute approximate surface area is 135 Å². The summed E-state index contributed by atoms with van der Waals surface area (Å²) in [6.07, 6.45) is 1.02. The van der Waals surface area contributed by atoms with Crippen LogP contribution >= 0.6 is 0 Å². The van der Waals surface area contributed by atoms with Crippen molar-refractivity contribution in [1.29, 1.82) is 0 Å². The molecule has 0 saturated carbocycles. The molecule has 0 atom stereocenters. The van der Waals surface area contributed by atoms with Crippen molar-refractivity contribution in [3.8, 4) is 0 Å². The minimum absolute atomic E-state index is 0.238. The van der Waals surface area contributed by atoms with Gasteiger partial charge in [0.05, 0.1) is 0 Å². The molecule has 0 aliphatic carbocycles. The first-order chi connectivity index (χ1) is 11.0. The molecule has 1 aliphatic rings. The number of anilines is 1. The molecule has 0 fully saturated rings. The summed E-state index contributed by atoms with van der Waals surface area (Å²) >= 11 is 0. The maximum absolute atomic E-state index is 12.3. The molecule has 1 aliphatic heterocycles. The van der Waals surface area contributed by atoms with E-state index in [2.05, 4.69) is 24.3 Å². The molecule has 120 valence electrons. The fraction of sp³-hybridized carbons (Fsp3) is 0.333. The van der Waals surface area contributed by atoms with Crippen molar-refractivity contribution in [3.63, 3.8) is 0 Å². The van der Waals surface area contributed by atoms with Crippen molar-refractivity contribution in [3.05, 3.63) is 41.5 Å². The van der Waals surface area contributed by atoms with E-state index < -0.39 is 0 Å². The maximum Gasteiger partial charge on any atom is 0.261 e. The van der Waals surface area contributed by atoms with Gasteiger partial charge in [0.15, 0.2) is 0 Å². The molecular weight excluding hydrogens is 290 g/mol. The third-order valence-corrected chi connectivity index (χ3v) is 4.21. The number of carbonyl (C=O) groups is 2. The highest BCUT2D eigenvalue weighted by molar-refractivity contribution is 6.26. The van der Waals surface area contributed by atoms with E-state index in [0.717, 1.165) is 36.0 Å². The number of hydrogen-bond acceptors (Lipinski definition) is 4. The van der Waals surface area contributed by atoms with Crippen LogP contribution in [0.1, 0.15) is 27.1 Å². The quantitative estimate of drug-likeness (QED) is 0.680. The first-order valence-electron chi connectivity index (χ1n) is 7.77. The predicted octanol–water partition coefficient (Wildman–Crippen LogP) is 2.43. The van der Waals surface area contributed by atoms with E-state index in [1.54, 1.807) is 6.07 Å². The van der Waals surface area contributed by atoms with Crippen LogP contribution in [0.3, 0.4) is 0 Å². The molecule has 23 heavy (non-hydrogen) atoms. The van der Waals surface area contributed by atoms with Crippen molar-refractivity contribution < 1.29 is 9.59 Å². The van der Waals surface area contributed by atoms with Gasteiger partial charge < -0.3 is 10.2 Å². The Morgan fingerprint density at radius 3 is 2.43 bits per heavy atom. The molecule has 0 saturated heterocycles. The molecule has 0 bridgehead atoms. The van der Waals surface area contributed by atoms with Crippen LogP contribution in [0.15, 0.2) is 30.3 Å². The van der Waals surface area contributed by atoms with Crippen LogP contribution in [0.4, 0.5) is 5.69 Å². The number of amides is 2. The first-order valence-corrected chi connectivity index (χ1v) is 7.77. The van der Waals surface area contributed by atoms with Crippen molar-refractivity contribution in [2.75, 3.05) is 39.5 Å². The van der Waals surface area contributed by atoms with E-state index in [-0.39, 0.29) is 11.8 Å². The Morgan fingerprint density at radius 2 is 1.74 bits per heavy atom. The summed E-state index contributed by atoms with van der Waals surface area (Å²) in [4.78, 5) is 28.0. The molecule has 5 nitrogen and oxygen atoms in total. The Morgan fingerprint density at radius 1 is 1.04 bits per heavy atom. The number of carbonyl (C=O) groups excluding carboxylic acids is 2. The lowest BCUT2D eigenvalue weighted by Crippen LogP contribution is -2.36. The minimum Gasteiger partial charge on any atom is -0.384 e. The van der Waals surface area contributed by atoms with Crippen LogP contribution in [0.25, 0.3) is 10.8 Å². The average molecular weight is 311 g/mol. The molecule has 1 heterocycles. The zero-order chi connectivity index (χ0) is 16.6. The Kier molecular flexibility index (Phi) is 4.05. The van der Waals surface area contributed by atoms with Crippen molar-refractivity contribution in [1.82, 2.24) is 9.80 Å². The lowest BCUT2D eigenvalue weighted by Gasteiger charge is -2.24. The van der Waals surface area contributed by atoms with Gasteiger partial charge in [-0.3, -0.25) is 14.5 Å². The lowest BCUT2D eigenvalue weighted by molar-refractivity contribution is 0.0651. The summed E-state index contributed by atoms with van der Waals surface area (Å²) in [5.41, 5.74) is 2.16. The second-order valence-corrected chi connectivity index (χ2v) is 6.14. The number of rotatable bonds is 5. The van der Waals surface area contributed by atoms with E-state index in [4.69, 9.17) is 0 Å². The summed E-state index contributed by atoms with van der Waals surface area (Å²) < 4.78 is 0. The number of imide groups is 1. The maximum atomic E-state index is 12.3. The first kappa shape index (κ1) is 15.5. The van der Waals surface area contributed by atoms with Crippen LogP contribution < -0.4 is 5.32 Å². The summed E-state index contributed by atoms with van der Waals surface area (Å²) in [5.74, 6) is -0.476. The number of hydrogen-bond donors (Lipinski definition) is 1. The summed E-state index contributed by atoms with van der Waals surface area (Å²) in [6, 6.07) is 9.35. The third-order valence-electron chi connectivity index (χ3n) is 4.21. The molecule has 0 aromatic heterocycles. The van der Waals surface area contributed by atoms with Gasteiger partial charge in [0.25, 0.3) is 11.8 Å². The normalized spacial score (nSPS) is 14.0. The zero-order valence-electron chi connectivity index (χ0n) is 13.7. The van der Waals surface area contributed by atoms with Crippen LogP contribution in [0.2, 0.25) is 0 Å². The molecule has 0 unspecified atom stereocenters. The van der Waals surface area contributed by atoms with Gasteiger partial charge in [0.1, 0.15) is 0 Å². The Bertz CT molecular complexity index is 761. The average Bonchev–Trinajstić information content (AvgIpc) is 2.54. The molecule has 3 rings (SSSR count). The minimum atomic E-state index is -0.238. The zero-order valence-corrected chi connectivity index (χ0v) is 13.7. The second kappa shape index (κ2) is 6.01. The number of benzene rings is 2. The lowest BCUT2D eigenvalue weighted by atomic mass is 9.93. The molecule has 5 heteroatoms. The molecule has 2 aromatic carbocycles. The van der Waals surface area contributed by atoms with E-state index >= 15 is 0 Å². The molecule has 1 N–H and O–H groups in total. The van der Waals surface area contributed by atoms with Crippen LogP contribution in [0.5, 0.6) is 0 Å². The predicted molar refractivity (Wildman–Crippen MR) is 92.0 cm³/mol. The summed E-state index contributed by atoms with van der Waals surface area (Å²) in [6.45, 7) is 1.86. The van der Waals surface area contributed by atoms with Gasteiger partial charge in [-0.1, -0.05) is 12.1 Å². The van der Waals surface area contributed by atoms with Gasteiger partial charge >= 0.3 is 0 Å². The fourth-order valence-corrected chi connectivity index (χ4v) is 2.99. The van der Waals surface area contributed by atoms with Gasteiger partial charge in [-0.05, 0) is 45.3 Å². The van der Waals surface area contributed by atoms with Gasteiger partial charge in [-0.15, -0.1) is 0 Å². The van der Waals surface area contributed by atoms with Crippen molar-refractivity contribution in [2.24, 2.45) is 0 Å². The summed E-state index contributed by atoms with van der Waals surface area (Å²) in [7, 11) is 5.63. The standard InChI is InChI=1S/C18H21N3O2/c1-20(2)11-5-10-19-15-9-8-14-16-12(15)6-4-7-13(16)17(22)21(3)18(14)23/h4,6-9,19H,5,10-11H2,1-3H3. The monoisotopic (exact) mass is 311 g/mol. The molecule has 0 spiro atoms. The topological polar surface area (TPSA) is 52.7 Å². The van der Waals surface area contributed by atoms with E-state index in [1.165, 1.54) is 11.9 Å². The van der Waals surface area contributed by atoms with Crippen LogP contribution in [-0.4, -0.2) is 55.8 Å². The summed E-state index contributed by atoms with van der Waals surface area (Å²) in [5, 5.41) is 5.12. The van der Waals surface area contributed by atoms with E-state index in [1.807, 2.05) is 24.3 Å². The number of nitrogens with zero attached hydrogens (tertiary/aromatic N) is 2. The van der Waals surface area contributed by atoms with E-state index in [9.17, 15) is 9.59 Å². The second-order valence-electron chi connectivity index (χ2n) is 6.14. The smallest absolute Gasteiger partial charge is 0.261 e. The van der Waals surface area contributed by atoms with Gasteiger partial charge in [0, 0.05) is 41.2 Å². The van der Waals surface area contributed by atoms with Gasteiger partial charge in [-0.25, -0.2) is 0 Å². The van der Waals surface area contributed by atoms with Crippen LogP contribution in [-0.2, 0) is 0 Å². The molecule has 2 aromatic rings. The SMILES string of the molecule is CN(C)CCCNc1ccc2c3c(cccc13)C(=O)N(C)C2=O. The van der Waals surface area contributed by atoms with Gasteiger partial charge in [0.2, 0.25) is 0 Å². The third kappa shape index (κ3) is 2.68. The van der Waals surface area contributed by atoms with Crippen molar-refractivity contribution in [2.45, 2.75) is 6.42 Å². The largest absolute Gasteiger partial charge is 0.384 e. The molecule has 2 amide bonds. The highest BCUT2D eigenvalue weighted by Crippen LogP contribution is 2.33. The number of nitrogens with one attached hydrogen (secondary N) is 1. The van der Waals surface area contributed by atoms with Gasteiger partial charge in [-0.2, -0.15) is 0 Å². The Hall–Kier alpha value is -2.40. The Balaban J connectivity index is 1.99. The molecule has 0 radical (unpaired) electrons. The van der Waals surface area contributed by atoms with Crippen LogP contribution in [0, 0.1) is 0 Å².